The van der Waals surface area contributed by atoms with Gasteiger partial charge in [0.05, 0.1) is 17.1 Å². The summed E-state index contributed by atoms with van der Waals surface area (Å²) in [4.78, 5) is -0.0297. The largest absolute Gasteiger partial charge is 0.280 e. The van der Waals surface area contributed by atoms with Crippen LogP contribution in [0.5, 0.6) is 0 Å². The minimum Gasteiger partial charge on any atom is -0.280 e. The van der Waals surface area contributed by atoms with Crippen molar-refractivity contribution in [2.45, 2.75) is 42.5 Å². The van der Waals surface area contributed by atoms with E-state index >= 15 is 0 Å². The Kier molecular flexibility index (Phi) is 5.76. The van der Waals surface area contributed by atoms with Crippen molar-refractivity contribution in [3.63, 3.8) is 0 Å². The number of nitrogens with one attached hydrogen (secondary N) is 1. The highest BCUT2D eigenvalue weighted by Gasteiger charge is 2.30. The Morgan fingerprint density at radius 1 is 0.967 bits per heavy atom. The molecule has 0 spiro atoms. The van der Waals surface area contributed by atoms with Crippen molar-refractivity contribution in [1.29, 1.82) is 0 Å². The molecule has 0 saturated carbocycles. The van der Waals surface area contributed by atoms with E-state index in [1.165, 1.54) is 30.5 Å². The zero-order valence-electron chi connectivity index (χ0n) is 16.9. The van der Waals surface area contributed by atoms with Gasteiger partial charge in [0.25, 0.3) is 10.0 Å². The molecule has 30 heavy (non-hydrogen) atoms. The van der Waals surface area contributed by atoms with Crippen molar-refractivity contribution in [2.75, 3.05) is 4.72 Å². The molecule has 0 aliphatic heterocycles. The molecule has 2 aromatic carbocycles. The number of hydrogen-bond acceptors (Lipinski definition) is 5. The van der Waals surface area contributed by atoms with E-state index < -0.39 is 25.5 Å². The summed E-state index contributed by atoms with van der Waals surface area (Å²) in [5, 5.41) is 9.61. The molecular weight excluding hydrogens is 424 g/mol. The van der Waals surface area contributed by atoms with Crippen molar-refractivity contribution in [2.24, 2.45) is 5.14 Å². The van der Waals surface area contributed by atoms with Crippen LogP contribution >= 0.6 is 0 Å². The van der Waals surface area contributed by atoms with Gasteiger partial charge in [0.15, 0.2) is 0 Å². The molecule has 0 bridgehead atoms. The van der Waals surface area contributed by atoms with Crippen molar-refractivity contribution in [3.8, 4) is 0 Å². The molecule has 0 radical (unpaired) electrons. The Hall–Kier alpha value is -2.69. The zero-order chi connectivity index (χ0) is 22.2. The van der Waals surface area contributed by atoms with Crippen LogP contribution in [0.15, 0.2) is 70.6 Å². The highest BCUT2D eigenvalue weighted by molar-refractivity contribution is 7.92. The number of aromatic nitrogens is 2. The van der Waals surface area contributed by atoms with E-state index in [0.29, 0.717) is 12.2 Å². The topological polar surface area (TPSA) is 124 Å². The van der Waals surface area contributed by atoms with Crippen LogP contribution in [0.4, 0.5) is 5.69 Å². The van der Waals surface area contributed by atoms with Crippen LogP contribution in [0, 0.1) is 0 Å². The third kappa shape index (κ3) is 5.07. The van der Waals surface area contributed by atoms with Gasteiger partial charge < -0.3 is 0 Å². The summed E-state index contributed by atoms with van der Waals surface area (Å²) in [6.45, 7) is 6.11. The first-order valence-electron chi connectivity index (χ1n) is 9.14. The molecule has 1 heterocycles. The minimum absolute atomic E-state index is 0.0708. The Morgan fingerprint density at radius 3 is 2.10 bits per heavy atom. The molecule has 160 valence electrons. The lowest BCUT2D eigenvalue weighted by molar-refractivity contribution is 0.533. The summed E-state index contributed by atoms with van der Waals surface area (Å²) in [7, 11) is -7.82. The Morgan fingerprint density at radius 2 is 1.57 bits per heavy atom. The smallest absolute Gasteiger partial charge is 0.265 e. The molecule has 0 atom stereocenters. The fourth-order valence-electron chi connectivity index (χ4n) is 2.89. The maximum Gasteiger partial charge on any atom is 0.265 e. The summed E-state index contributed by atoms with van der Waals surface area (Å²) in [5.74, 6) is 0. The van der Waals surface area contributed by atoms with Gasteiger partial charge in [0.2, 0.25) is 10.0 Å². The third-order valence-corrected chi connectivity index (χ3v) is 6.66. The second kappa shape index (κ2) is 7.86. The third-order valence-electron chi connectivity index (χ3n) is 4.35. The number of nitrogens with two attached hydrogens (primary N) is 1. The lowest BCUT2D eigenvalue weighted by atomic mass is 9.92. The van der Waals surface area contributed by atoms with Crippen molar-refractivity contribution in [1.82, 2.24) is 9.78 Å². The highest BCUT2D eigenvalue weighted by Crippen LogP contribution is 2.29. The number of hydrogen-bond donors (Lipinski definition) is 2. The van der Waals surface area contributed by atoms with Gasteiger partial charge in [-0.3, -0.25) is 9.40 Å². The number of nitrogens with zero attached hydrogens (tertiary/aromatic N) is 2. The maximum atomic E-state index is 13.1. The molecule has 3 N–H and O–H groups in total. The second-order valence-corrected chi connectivity index (χ2v) is 11.2. The predicted molar refractivity (Wildman–Crippen MR) is 115 cm³/mol. The average molecular weight is 449 g/mol. The molecule has 0 amide bonds. The zero-order valence-corrected chi connectivity index (χ0v) is 18.5. The summed E-state index contributed by atoms with van der Waals surface area (Å²) in [6, 6.07) is 14.8. The van der Waals surface area contributed by atoms with Gasteiger partial charge in [-0.1, -0.05) is 51.1 Å². The first-order valence-corrected chi connectivity index (χ1v) is 12.2. The van der Waals surface area contributed by atoms with Gasteiger partial charge in [0.1, 0.15) is 4.90 Å². The molecule has 3 rings (SSSR count). The van der Waals surface area contributed by atoms with Crippen LogP contribution in [-0.4, -0.2) is 26.6 Å². The van der Waals surface area contributed by atoms with E-state index in [0.717, 1.165) is 5.56 Å². The Labute approximate surface area is 176 Å². The predicted octanol–water partition coefficient (Wildman–Crippen LogP) is 2.68. The van der Waals surface area contributed by atoms with Gasteiger partial charge in [-0.25, -0.2) is 22.0 Å². The molecule has 10 heteroatoms. The molecule has 0 saturated heterocycles. The van der Waals surface area contributed by atoms with Crippen LogP contribution in [0.2, 0.25) is 0 Å². The lowest BCUT2D eigenvalue weighted by Gasteiger charge is -2.18. The first-order chi connectivity index (χ1) is 13.9. The van der Waals surface area contributed by atoms with Gasteiger partial charge in [0, 0.05) is 17.3 Å². The molecule has 8 nitrogen and oxygen atoms in total. The Bertz CT molecular complexity index is 1240. The van der Waals surface area contributed by atoms with E-state index in [-0.39, 0.29) is 15.5 Å². The lowest BCUT2D eigenvalue weighted by Crippen LogP contribution is -2.20. The average Bonchev–Trinajstić information content (AvgIpc) is 3.07. The summed E-state index contributed by atoms with van der Waals surface area (Å²) in [6.07, 6.45) is 1.51. The van der Waals surface area contributed by atoms with E-state index in [1.807, 2.05) is 51.1 Å². The standard InChI is InChI=1S/C20H24N4O4S2/c1-20(2,3)19-18(14-24(22-19)13-15-7-5-4-6-8-15)30(27,28)23-16-9-11-17(12-10-16)29(21,25)26/h4-12,14,23H,13H2,1-3H3,(H2,21,25,26). The summed E-state index contributed by atoms with van der Waals surface area (Å²) >= 11 is 0. The second-order valence-electron chi connectivity index (χ2n) is 7.95. The fraction of sp³-hybridized carbons (Fsp3) is 0.250. The SMILES string of the molecule is CC(C)(C)c1nn(Cc2ccccc2)cc1S(=O)(=O)Nc1ccc(S(N)(=O)=O)cc1. The summed E-state index contributed by atoms with van der Waals surface area (Å²) < 4.78 is 53.1. The van der Waals surface area contributed by atoms with Crippen LogP contribution in [0.25, 0.3) is 0 Å². The number of sulfonamides is 2. The number of benzene rings is 2. The van der Waals surface area contributed by atoms with Gasteiger partial charge in [-0.15, -0.1) is 0 Å². The van der Waals surface area contributed by atoms with Crippen molar-refractivity contribution >= 4 is 25.7 Å². The molecule has 0 unspecified atom stereocenters. The van der Waals surface area contributed by atoms with Crippen LogP contribution in [0.3, 0.4) is 0 Å². The molecule has 3 aromatic rings. The van der Waals surface area contributed by atoms with E-state index in [4.69, 9.17) is 5.14 Å². The highest BCUT2D eigenvalue weighted by atomic mass is 32.2. The van der Waals surface area contributed by atoms with E-state index in [1.54, 1.807) is 4.68 Å². The van der Waals surface area contributed by atoms with Crippen molar-refractivity contribution < 1.29 is 16.8 Å². The first kappa shape index (κ1) is 22.0. The van der Waals surface area contributed by atoms with Gasteiger partial charge in [-0.05, 0) is 29.8 Å². The van der Waals surface area contributed by atoms with Crippen LogP contribution < -0.4 is 9.86 Å². The van der Waals surface area contributed by atoms with Gasteiger partial charge >= 0.3 is 0 Å². The maximum absolute atomic E-state index is 13.1. The molecule has 1 aromatic heterocycles. The number of anilines is 1. The van der Waals surface area contributed by atoms with E-state index in [9.17, 15) is 16.8 Å². The molecule has 0 fully saturated rings. The fourth-order valence-corrected chi connectivity index (χ4v) is 4.83. The van der Waals surface area contributed by atoms with E-state index in [2.05, 4.69) is 9.82 Å². The normalized spacial score (nSPS) is 12.7. The van der Waals surface area contributed by atoms with Crippen LogP contribution in [-0.2, 0) is 32.0 Å². The van der Waals surface area contributed by atoms with Gasteiger partial charge in [-0.2, -0.15) is 5.10 Å². The number of rotatable bonds is 6. The monoisotopic (exact) mass is 448 g/mol. The summed E-state index contributed by atoms with van der Waals surface area (Å²) in [5.41, 5.74) is 1.14. The quantitative estimate of drug-likeness (QED) is 0.600. The minimum atomic E-state index is -3.96. The molecule has 0 aliphatic rings. The Balaban J connectivity index is 1.96. The molecule has 0 aliphatic carbocycles. The number of primary sulfonamides is 1. The van der Waals surface area contributed by atoms with Crippen LogP contribution in [0.1, 0.15) is 32.0 Å². The molecular formula is C20H24N4O4S2. The van der Waals surface area contributed by atoms with Crippen molar-refractivity contribution in [3.05, 3.63) is 72.1 Å².